The number of H-pyrrole nitrogens is 1. The quantitative estimate of drug-likeness (QED) is 0.230. The molecule has 3 heterocycles. The summed E-state index contributed by atoms with van der Waals surface area (Å²) in [5.41, 5.74) is 3.59. The van der Waals surface area contributed by atoms with Crippen molar-refractivity contribution in [3.63, 3.8) is 0 Å². The molecule has 0 radical (unpaired) electrons. The number of benzene rings is 3. The molecule has 43 heavy (non-hydrogen) atoms. The molecule has 4 aromatic rings. The Morgan fingerprint density at radius 2 is 1.60 bits per heavy atom. The minimum absolute atomic E-state index is 0.00199. The zero-order valence-electron chi connectivity index (χ0n) is 23.0. The van der Waals surface area contributed by atoms with Crippen LogP contribution in [0, 0.1) is 36.5 Å². The lowest BCUT2D eigenvalue weighted by molar-refractivity contribution is -0.123. The fourth-order valence-corrected chi connectivity index (χ4v) is 11.1. The summed E-state index contributed by atoms with van der Waals surface area (Å²) in [7, 11) is 0. The molecular weight excluding hydrogens is 623 g/mol. The van der Waals surface area contributed by atoms with Crippen LogP contribution in [-0.4, -0.2) is 22.0 Å². The first-order valence-electron chi connectivity index (χ1n) is 14.3. The number of aromatic nitrogens is 1. The minimum atomic E-state index is -0.377. The van der Waals surface area contributed by atoms with Crippen molar-refractivity contribution >= 4 is 63.8 Å². The predicted octanol–water partition coefficient (Wildman–Crippen LogP) is 7.31. The molecule has 0 unspecified atom stereocenters. The topological polar surface area (TPSA) is 79.5 Å². The molecule has 6 nitrogen and oxygen atoms in total. The van der Waals surface area contributed by atoms with Gasteiger partial charge in [0.2, 0.25) is 11.8 Å². The molecule has 2 aliphatic heterocycles. The van der Waals surface area contributed by atoms with Gasteiger partial charge in [0, 0.05) is 31.7 Å². The van der Waals surface area contributed by atoms with E-state index in [-0.39, 0.29) is 57.4 Å². The van der Waals surface area contributed by atoms with E-state index < -0.39 is 0 Å². The number of nitrogens with one attached hydrogen (secondary N) is 1. The molecule has 1 N–H and O–H groups in total. The fourth-order valence-electron chi connectivity index (χ4n) is 7.95. The van der Waals surface area contributed by atoms with Gasteiger partial charge in [0.1, 0.15) is 12.4 Å². The highest BCUT2D eigenvalue weighted by molar-refractivity contribution is 8.00. The van der Waals surface area contributed by atoms with Gasteiger partial charge in [0.05, 0.1) is 22.5 Å². The highest BCUT2D eigenvalue weighted by Gasteiger charge is 2.69. The number of rotatable bonds is 5. The molecule has 1 saturated heterocycles. The fraction of sp³-hybridized carbons (Fsp3) is 0.303. The van der Waals surface area contributed by atoms with Gasteiger partial charge in [-0.25, -0.2) is 0 Å². The Bertz CT molecular complexity index is 1840. The van der Waals surface area contributed by atoms with Crippen molar-refractivity contribution in [2.75, 3.05) is 4.90 Å². The molecular formula is C33H26Cl2N2O4S2. The molecule has 4 aliphatic rings. The molecule has 2 amide bonds. The Labute approximate surface area is 266 Å². The normalized spacial score (nSPS) is 28.6. The Morgan fingerprint density at radius 1 is 0.907 bits per heavy atom. The number of ether oxygens (including phenoxy) is 1. The van der Waals surface area contributed by atoms with Crippen molar-refractivity contribution in [1.82, 2.24) is 4.98 Å². The van der Waals surface area contributed by atoms with Crippen LogP contribution in [0.4, 0.5) is 5.69 Å². The van der Waals surface area contributed by atoms with Crippen LogP contribution >= 0.6 is 46.3 Å². The van der Waals surface area contributed by atoms with Crippen LogP contribution in [0.2, 0.25) is 10.0 Å². The number of thioether (sulfide) groups is 1. The smallest absolute Gasteiger partial charge is 0.305 e. The van der Waals surface area contributed by atoms with Crippen LogP contribution in [-0.2, 0) is 16.2 Å². The lowest BCUT2D eigenvalue weighted by atomic mass is 9.68. The van der Waals surface area contributed by atoms with E-state index in [1.54, 1.807) is 11.8 Å². The van der Waals surface area contributed by atoms with Gasteiger partial charge in [-0.2, -0.15) is 0 Å². The number of carbonyl (C=O) groups excluding carboxylic acids is 2. The number of thiazole rings is 1. The molecule has 10 heteroatoms. The number of halogens is 2. The molecule has 0 spiro atoms. The minimum Gasteiger partial charge on any atom is -0.489 e. The highest BCUT2D eigenvalue weighted by Crippen LogP contribution is 2.69. The lowest BCUT2D eigenvalue weighted by Crippen LogP contribution is -2.42. The van der Waals surface area contributed by atoms with E-state index in [0.29, 0.717) is 28.1 Å². The first kappa shape index (κ1) is 27.5. The monoisotopic (exact) mass is 648 g/mol. The van der Waals surface area contributed by atoms with E-state index in [9.17, 15) is 14.4 Å². The maximum atomic E-state index is 14.0. The van der Waals surface area contributed by atoms with E-state index in [2.05, 4.69) is 4.98 Å². The summed E-state index contributed by atoms with van der Waals surface area (Å²) >= 11 is 15.6. The van der Waals surface area contributed by atoms with Crippen LogP contribution in [0.5, 0.6) is 5.75 Å². The third-order valence-electron chi connectivity index (χ3n) is 9.63. The zero-order valence-corrected chi connectivity index (χ0v) is 26.1. The van der Waals surface area contributed by atoms with Crippen LogP contribution in [0.3, 0.4) is 0 Å². The number of anilines is 1. The first-order valence-corrected chi connectivity index (χ1v) is 16.7. The standard InChI is InChI=1S/C33H26Cl2N2O4S2/c1-15-2-9-19(10-3-15)37-31(38)26-21-13-22(27(26)32(37)39)28-25(21)24(29-30(42-28)36-33(40)43-29)20-12-18(35)8-11-23(20)41-14-16-4-6-17(34)7-5-16/h2-12,21-22,24-28H,13-14H2,1H3,(H,36,40)/t21-,22-,24+,25+,26+,27+,28-/m1/s1. The van der Waals surface area contributed by atoms with Gasteiger partial charge in [-0.3, -0.25) is 19.3 Å². The molecule has 3 aromatic carbocycles. The van der Waals surface area contributed by atoms with Crippen LogP contribution in [0.25, 0.3) is 0 Å². The Balaban J connectivity index is 1.20. The van der Waals surface area contributed by atoms with Gasteiger partial charge >= 0.3 is 4.87 Å². The average molecular weight is 650 g/mol. The van der Waals surface area contributed by atoms with E-state index in [1.165, 1.54) is 16.2 Å². The second-order valence-electron chi connectivity index (χ2n) is 11.9. The number of nitrogens with zero attached hydrogens (tertiary/aromatic N) is 1. The lowest BCUT2D eigenvalue weighted by Gasteiger charge is -2.43. The van der Waals surface area contributed by atoms with E-state index in [1.807, 2.05) is 73.7 Å². The summed E-state index contributed by atoms with van der Waals surface area (Å²) in [6, 6.07) is 20.8. The molecule has 2 aliphatic carbocycles. The number of fused-ring (bicyclic) bond motifs is 9. The predicted molar refractivity (Wildman–Crippen MR) is 169 cm³/mol. The first-order chi connectivity index (χ1) is 20.8. The Hall–Kier alpha value is -3.04. The maximum Gasteiger partial charge on any atom is 0.305 e. The Kier molecular flexibility index (Phi) is 6.56. The van der Waals surface area contributed by atoms with Gasteiger partial charge in [0.15, 0.2) is 0 Å². The van der Waals surface area contributed by atoms with Crippen molar-refractivity contribution in [2.45, 2.75) is 36.1 Å². The van der Waals surface area contributed by atoms with Crippen molar-refractivity contribution < 1.29 is 14.3 Å². The summed E-state index contributed by atoms with van der Waals surface area (Å²) in [4.78, 5) is 45.9. The van der Waals surface area contributed by atoms with E-state index >= 15 is 0 Å². The van der Waals surface area contributed by atoms with Crippen molar-refractivity contribution in [2.24, 2.45) is 29.6 Å². The van der Waals surface area contributed by atoms with Gasteiger partial charge in [-0.1, -0.05) is 64.4 Å². The number of aromatic amines is 1. The van der Waals surface area contributed by atoms with Gasteiger partial charge in [-0.05, 0) is 79.1 Å². The maximum absolute atomic E-state index is 14.0. The second-order valence-corrected chi connectivity index (χ2v) is 15.0. The molecule has 218 valence electrons. The van der Waals surface area contributed by atoms with Crippen molar-refractivity contribution in [3.8, 4) is 5.75 Å². The highest BCUT2D eigenvalue weighted by atomic mass is 35.5. The molecule has 2 saturated carbocycles. The van der Waals surface area contributed by atoms with Gasteiger partial charge in [-0.15, -0.1) is 11.8 Å². The summed E-state index contributed by atoms with van der Waals surface area (Å²) < 4.78 is 6.41. The number of carbonyl (C=O) groups is 2. The molecule has 8 rings (SSSR count). The average Bonchev–Trinajstić information content (AvgIpc) is 3.73. The Morgan fingerprint density at radius 3 is 2.35 bits per heavy atom. The summed E-state index contributed by atoms with van der Waals surface area (Å²) in [6.45, 7) is 2.33. The number of hydrogen-bond donors (Lipinski definition) is 1. The second kappa shape index (κ2) is 10.3. The molecule has 7 atom stereocenters. The van der Waals surface area contributed by atoms with Crippen LogP contribution < -0.4 is 14.5 Å². The molecule has 3 fully saturated rings. The third-order valence-corrected chi connectivity index (χ3v) is 12.7. The van der Waals surface area contributed by atoms with Crippen molar-refractivity contribution in [1.29, 1.82) is 0 Å². The largest absolute Gasteiger partial charge is 0.489 e. The number of hydrogen-bond acceptors (Lipinski definition) is 6. The van der Waals surface area contributed by atoms with E-state index in [4.69, 9.17) is 27.9 Å². The number of amides is 2. The summed E-state index contributed by atoms with van der Waals surface area (Å²) in [5.74, 6) is -0.355. The number of aryl methyl sites for hydroxylation is 1. The van der Waals surface area contributed by atoms with E-state index in [0.717, 1.165) is 33.0 Å². The van der Waals surface area contributed by atoms with Crippen molar-refractivity contribution in [3.05, 3.63) is 108 Å². The summed E-state index contributed by atoms with van der Waals surface area (Å²) in [5, 5.41) is 2.16. The SMILES string of the molecule is Cc1ccc(N2C(=O)[C@H]3[C@H]4C[C@@H]([C@@H]3C2=O)[C@H]2[C@H](c3cc(Cl)ccc3OCc3ccc(Cl)cc3)c3sc(=O)[nH]c3S[C@H]42)cc1. The summed E-state index contributed by atoms with van der Waals surface area (Å²) in [6.07, 6.45) is 0.814. The van der Waals surface area contributed by atoms with Gasteiger partial charge in [0.25, 0.3) is 0 Å². The molecule has 2 bridgehead atoms. The number of imide groups is 1. The van der Waals surface area contributed by atoms with Gasteiger partial charge < -0.3 is 9.72 Å². The third kappa shape index (κ3) is 4.32. The molecule has 1 aromatic heterocycles. The van der Waals surface area contributed by atoms with Crippen LogP contribution in [0.15, 0.2) is 76.6 Å². The zero-order chi connectivity index (χ0) is 29.6. The van der Waals surface area contributed by atoms with Crippen LogP contribution in [0.1, 0.15) is 33.9 Å².